The zero-order valence-electron chi connectivity index (χ0n) is 14.6. The van der Waals surface area contributed by atoms with E-state index >= 15 is 0 Å². The Labute approximate surface area is 143 Å². The van der Waals surface area contributed by atoms with E-state index < -0.39 is 0 Å². The van der Waals surface area contributed by atoms with Crippen LogP contribution in [0.5, 0.6) is 0 Å². The molecule has 0 spiro atoms. The number of nitrogens with two attached hydrogens (primary N) is 1. The lowest BCUT2D eigenvalue weighted by atomic mass is 10.1. The van der Waals surface area contributed by atoms with Crippen LogP contribution in [0.2, 0.25) is 0 Å². The number of nitrogens with zero attached hydrogens (tertiary/aromatic N) is 4. The van der Waals surface area contributed by atoms with E-state index in [1.54, 1.807) is 10.7 Å². The second-order valence-electron chi connectivity index (χ2n) is 6.92. The van der Waals surface area contributed by atoms with E-state index in [1.807, 2.05) is 11.8 Å². The number of rotatable bonds is 4. The lowest BCUT2D eigenvalue weighted by Crippen LogP contribution is -2.44. The van der Waals surface area contributed by atoms with Crippen molar-refractivity contribution in [1.82, 2.24) is 19.6 Å². The minimum atomic E-state index is 0.0685. The third-order valence-electron chi connectivity index (χ3n) is 4.83. The summed E-state index contributed by atoms with van der Waals surface area (Å²) in [4.78, 5) is 17.0. The van der Waals surface area contributed by atoms with Gasteiger partial charge >= 0.3 is 0 Å². The Morgan fingerprint density at radius 3 is 2.79 bits per heavy atom. The first-order valence-electron chi connectivity index (χ1n) is 9.03. The molecule has 3 heterocycles. The van der Waals surface area contributed by atoms with Crippen molar-refractivity contribution >= 4 is 11.7 Å². The molecule has 2 aliphatic rings. The lowest BCUT2D eigenvalue weighted by Gasteiger charge is -2.31. The molecule has 7 nitrogen and oxygen atoms in total. The predicted octanol–water partition coefficient (Wildman–Crippen LogP) is 0.877. The number of nitrogen functional groups attached to an aromatic ring is 1. The molecule has 134 valence electrons. The molecule has 2 N–H and O–H groups in total. The predicted molar refractivity (Wildman–Crippen MR) is 92.6 cm³/mol. The Morgan fingerprint density at radius 2 is 2.08 bits per heavy atom. The first kappa shape index (κ1) is 17.2. The molecule has 0 radical (unpaired) electrons. The van der Waals surface area contributed by atoms with Gasteiger partial charge in [0.1, 0.15) is 12.4 Å². The summed E-state index contributed by atoms with van der Waals surface area (Å²) < 4.78 is 7.57. The Bertz CT molecular complexity index is 553. The van der Waals surface area contributed by atoms with Crippen LogP contribution < -0.4 is 5.73 Å². The number of ether oxygens (including phenoxy) is 1. The second kappa shape index (κ2) is 7.98. The van der Waals surface area contributed by atoms with Gasteiger partial charge in [0.25, 0.3) is 0 Å². The number of likely N-dealkylation sites (tertiary alicyclic amines) is 1. The maximum atomic E-state index is 12.7. The molecule has 0 saturated carbocycles. The number of hydrogen-bond donors (Lipinski definition) is 1. The molecule has 2 aliphatic heterocycles. The number of amides is 1. The van der Waals surface area contributed by atoms with Crippen molar-refractivity contribution < 1.29 is 9.53 Å². The van der Waals surface area contributed by atoms with Gasteiger partial charge in [-0.3, -0.25) is 4.79 Å². The SMILES string of the molecule is Cc1cc(N)n(CC(=O)N2CCCO[C@@H](CN3CCCCC3)C2)n1. The van der Waals surface area contributed by atoms with E-state index in [-0.39, 0.29) is 18.6 Å². The van der Waals surface area contributed by atoms with Crippen LogP contribution >= 0.6 is 0 Å². The van der Waals surface area contributed by atoms with Crippen LogP contribution in [0.15, 0.2) is 6.07 Å². The molecule has 0 aromatic carbocycles. The summed E-state index contributed by atoms with van der Waals surface area (Å²) in [5.41, 5.74) is 6.74. The van der Waals surface area contributed by atoms with E-state index in [9.17, 15) is 4.79 Å². The fraction of sp³-hybridized carbons (Fsp3) is 0.765. The third-order valence-corrected chi connectivity index (χ3v) is 4.83. The molecule has 24 heavy (non-hydrogen) atoms. The average molecular weight is 335 g/mol. The summed E-state index contributed by atoms with van der Waals surface area (Å²) >= 11 is 0. The van der Waals surface area contributed by atoms with Gasteiger partial charge in [-0.05, 0) is 39.3 Å². The molecule has 0 unspecified atom stereocenters. The topological polar surface area (TPSA) is 76.6 Å². The van der Waals surface area contributed by atoms with Gasteiger partial charge in [0.15, 0.2) is 0 Å². The second-order valence-corrected chi connectivity index (χ2v) is 6.92. The number of carbonyl (C=O) groups excluding carboxylic acids is 1. The highest BCUT2D eigenvalue weighted by atomic mass is 16.5. The zero-order valence-corrected chi connectivity index (χ0v) is 14.6. The fourth-order valence-corrected chi connectivity index (χ4v) is 3.58. The maximum absolute atomic E-state index is 12.7. The molecule has 1 amide bonds. The Morgan fingerprint density at radius 1 is 1.29 bits per heavy atom. The van der Waals surface area contributed by atoms with Crippen LogP contribution in [0.25, 0.3) is 0 Å². The molecule has 1 aromatic heterocycles. The fourth-order valence-electron chi connectivity index (χ4n) is 3.58. The van der Waals surface area contributed by atoms with Crippen molar-refractivity contribution in [3.8, 4) is 0 Å². The number of carbonyl (C=O) groups is 1. The van der Waals surface area contributed by atoms with Crippen LogP contribution in [0.3, 0.4) is 0 Å². The quantitative estimate of drug-likeness (QED) is 0.884. The van der Waals surface area contributed by atoms with Crippen molar-refractivity contribution in [3.05, 3.63) is 11.8 Å². The highest BCUT2D eigenvalue weighted by Gasteiger charge is 2.25. The monoisotopic (exact) mass is 335 g/mol. The lowest BCUT2D eigenvalue weighted by molar-refractivity contribution is -0.133. The Hall–Kier alpha value is -1.60. The summed E-state index contributed by atoms with van der Waals surface area (Å²) in [5.74, 6) is 0.607. The van der Waals surface area contributed by atoms with Crippen LogP contribution in [-0.2, 0) is 16.1 Å². The summed E-state index contributed by atoms with van der Waals surface area (Å²) in [5, 5.41) is 4.29. The smallest absolute Gasteiger partial charge is 0.244 e. The molecule has 7 heteroatoms. The van der Waals surface area contributed by atoms with Crippen molar-refractivity contribution in [2.24, 2.45) is 0 Å². The van der Waals surface area contributed by atoms with Gasteiger partial charge in [-0.15, -0.1) is 0 Å². The van der Waals surface area contributed by atoms with Crippen LogP contribution in [0.4, 0.5) is 5.82 Å². The molecule has 3 rings (SSSR count). The van der Waals surface area contributed by atoms with Crippen molar-refractivity contribution in [3.63, 3.8) is 0 Å². The molecular weight excluding hydrogens is 306 g/mol. The number of aromatic nitrogens is 2. The van der Waals surface area contributed by atoms with Crippen LogP contribution in [0, 0.1) is 6.92 Å². The van der Waals surface area contributed by atoms with Gasteiger partial charge in [-0.1, -0.05) is 6.42 Å². The van der Waals surface area contributed by atoms with Crippen molar-refractivity contribution in [1.29, 1.82) is 0 Å². The average Bonchev–Trinajstić information content (AvgIpc) is 2.76. The van der Waals surface area contributed by atoms with E-state index in [2.05, 4.69) is 10.00 Å². The number of hydrogen-bond acceptors (Lipinski definition) is 5. The van der Waals surface area contributed by atoms with E-state index in [0.717, 1.165) is 44.9 Å². The van der Waals surface area contributed by atoms with E-state index in [4.69, 9.17) is 10.5 Å². The van der Waals surface area contributed by atoms with E-state index in [1.165, 1.54) is 19.3 Å². The Balaban J connectivity index is 1.57. The standard InChI is InChI=1S/C17H29N5O2/c1-14-10-16(18)22(19-14)13-17(23)21-8-5-9-24-15(12-21)11-20-6-3-2-4-7-20/h10,15H,2-9,11-13,18H2,1H3/t15-/m0/s1. The van der Waals surface area contributed by atoms with Gasteiger partial charge in [-0.25, -0.2) is 4.68 Å². The summed E-state index contributed by atoms with van der Waals surface area (Å²) in [7, 11) is 0. The first-order valence-corrected chi connectivity index (χ1v) is 9.03. The number of anilines is 1. The summed E-state index contributed by atoms with van der Waals surface area (Å²) in [6, 6.07) is 1.79. The molecular formula is C17H29N5O2. The van der Waals surface area contributed by atoms with Gasteiger partial charge in [0.2, 0.25) is 5.91 Å². The molecule has 0 bridgehead atoms. The summed E-state index contributed by atoms with van der Waals surface area (Å²) in [6.07, 6.45) is 4.86. The van der Waals surface area contributed by atoms with Crippen LogP contribution in [0.1, 0.15) is 31.4 Å². The first-order chi connectivity index (χ1) is 11.6. The highest BCUT2D eigenvalue weighted by molar-refractivity contribution is 5.76. The van der Waals surface area contributed by atoms with Gasteiger partial charge in [0.05, 0.1) is 11.8 Å². The third kappa shape index (κ3) is 4.48. The van der Waals surface area contributed by atoms with Crippen LogP contribution in [-0.4, -0.2) is 70.9 Å². The summed E-state index contributed by atoms with van der Waals surface area (Å²) in [6.45, 7) is 7.44. The maximum Gasteiger partial charge on any atom is 0.244 e. The number of aryl methyl sites for hydroxylation is 1. The molecule has 1 aromatic rings. The van der Waals surface area contributed by atoms with E-state index in [0.29, 0.717) is 12.4 Å². The van der Waals surface area contributed by atoms with Crippen molar-refractivity contribution in [2.75, 3.05) is 45.1 Å². The Kier molecular flexibility index (Phi) is 5.73. The minimum absolute atomic E-state index is 0.0685. The highest BCUT2D eigenvalue weighted by Crippen LogP contribution is 2.14. The van der Waals surface area contributed by atoms with Gasteiger partial charge in [-0.2, -0.15) is 5.10 Å². The largest absolute Gasteiger partial charge is 0.384 e. The number of piperidine rings is 1. The minimum Gasteiger partial charge on any atom is -0.384 e. The molecule has 0 aliphatic carbocycles. The van der Waals surface area contributed by atoms with Crippen molar-refractivity contribution in [2.45, 2.75) is 45.3 Å². The molecule has 2 fully saturated rings. The van der Waals surface area contributed by atoms with Gasteiger partial charge in [0, 0.05) is 32.3 Å². The molecule has 1 atom stereocenters. The van der Waals surface area contributed by atoms with Gasteiger partial charge < -0.3 is 20.3 Å². The normalized spacial score (nSPS) is 23.2. The molecule has 2 saturated heterocycles. The zero-order chi connectivity index (χ0) is 16.9.